The maximum absolute atomic E-state index is 12.3. The third-order valence-electron chi connectivity index (χ3n) is 5.59. The van der Waals surface area contributed by atoms with Crippen molar-refractivity contribution < 1.29 is 9.59 Å². The van der Waals surface area contributed by atoms with Crippen LogP contribution in [-0.2, 0) is 9.59 Å². The number of ketones is 2. The van der Waals surface area contributed by atoms with Crippen LogP contribution < -0.4 is 0 Å². The molecule has 0 aromatic carbocycles. The van der Waals surface area contributed by atoms with Gasteiger partial charge in [0, 0.05) is 17.3 Å². The van der Waals surface area contributed by atoms with E-state index in [-0.39, 0.29) is 34.2 Å². The Labute approximate surface area is 108 Å². The maximum atomic E-state index is 12.3. The highest BCUT2D eigenvalue weighted by molar-refractivity contribution is 6.08. The average molecular weight is 244 g/mol. The first-order chi connectivity index (χ1) is 8.41. The number of hydrogen-bond donors (Lipinski definition) is 0. The van der Waals surface area contributed by atoms with Gasteiger partial charge in [-0.1, -0.05) is 32.9 Å². The van der Waals surface area contributed by atoms with E-state index in [2.05, 4.69) is 32.9 Å². The number of carbonyl (C=O) groups excluding carboxylic acids is 2. The van der Waals surface area contributed by atoms with Crippen molar-refractivity contribution in [1.82, 2.24) is 0 Å². The lowest BCUT2D eigenvalue weighted by Crippen LogP contribution is -2.58. The molecule has 2 heteroatoms. The smallest absolute Gasteiger partial charge is 0.160 e. The molecule has 0 aromatic rings. The van der Waals surface area contributed by atoms with Crippen molar-refractivity contribution in [2.75, 3.05) is 0 Å². The molecule has 0 aliphatic heterocycles. The zero-order valence-corrected chi connectivity index (χ0v) is 11.3. The molecule has 0 heterocycles. The van der Waals surface area contributed by atoms with Gasteiger partial charge in [0.15, 0.2) is 11.6 Å². The Morgan fingerprint density at radius 2 is 1.67 bits per heavy atom. The van der Waals surface area contributed by atoms with Gasteiger partial charge in [-0.15, -0.1) is 0 Å². The lowest BCUT2D eigenvalue weighted by Gasteiger charge is -2.58. The maximum Gasteiger partial charge on any atom is 0.160 e. The summed E-state index contributed by atoms with van der Waals surface area (Å²) in [5, 5.41) is 0. The Bertz CT molecular complexity index is 485. The topological polar surface area (TPSA) is 34.1 Å². The van der Waals surface area contributed by atoms with E-state index in [9.17, 15) is 9.59 Å². The van der Waals surface area contributed by atoms with Crippen LogP contribution in [0.25, 0.3) is 0 Å². The van der Waals surface area contributed by atoms with E-state index in [1.165, 1.54) is 12.2 Å². The molecule has 1 fully saturated rings. The summed E-state index contributed by atoms with van der Waals surface area (Å²) in [4.78, 5) is 24.6. The molecule has 2 bridgehead atoms. The Balaban J connectivity index is 2.21. The number of hydrogen-bond acceptors (Lipinski definition) is 2. The first-order valence-corrected chi connectivity index (χ1v) is 6.87. The molecule has 0 radical (unpaired) electrons. The van der Waals surface area contributed by atoms with Crippen LogP contribution in [0, 0.1) is 28.6 Å². The number of rotatable bonds is 1. The van der Waals surface area contributed by atoms with Gasteiger partial charge in [0.25, 0.3) is 0 Å². The molecule has 0 N–H and O–H groups in total. The van der Waals surface area contributed by atoms with Gasteiger partial charge in [0.1, 0.15) is 0 Å². The molecule has 2 nitrogen and oxygen atoms in total. The fraction of sp³-hybridized carbons (Fsp3) is 0.625. The van der Waals surface area contributed by atoms with Crippen molar-refractivity contribution in [2.45, 2.75) is 33.6 Å². The molecule has 4 atom stereocenters. The van der Waals surface area contributed by atoms with Crippen LogP contribution in [0.15, 0.2) is 24.3 Å². The van der Waals surface area contributed by atoms with Crippen LogP contribution >= 0.6 is 0 Å². The van der Waals surface area contributed by atoms with Gasteiger partial charge in [-0.2, -0.15) is 0 Å². The summed E-state index contributed by atoms with van der Waals surface area (Å²) in [6, 6.07) is 0. The standard InChI is InChI=1S/C16H20O2/c1-10(2)16-8-6-15(3,7-9-16)13-11(17)4-5-12(18)14(13)16/h4-6,8,10,13-14H,7,9H2,1-3H3. The highest BCUT2D eigenvalue weighted by Gasteiger charge is 2.61. The van der Waals surface area contributed by atoms with Crippen LogP contribution in [0.3, 0.4) is 0 Å². The minimum absolute atomic E-state index is 0.0973. The summed E-state index contributed by atoms with van der Waals surface area (Å²) >= 11 is 0. The van der Waals surface area contributed by atoms with Crippen LogP contribution in [0.1, 0.15) is 33.6 Å². The van der Waals surface area contributed by atoms with Crippen molar-refractivity contribution in [1.29, 1.82) is 0 Å². The van der Waals surface area contributed by atoms with E-state index in [1.807, 2.05) is 0 Å². The second kappa shape index (κ2) is 3.43. The zero-order chi connectivity index (χ0) is 13.1. The second-order valence-electron chi connectivity index (χ2n) is 6.70. The Morgan fingerprint density at radius 1 is 1.06 bits per heavy atom. The molecule has 1 saturated carbocycles. The normalized spacial score (nSPS) is 45.8. The van der Waals surface area contributed by atoms with E-state index in [1.54, 1.807) is 0 Å². The van der Waals surface area contributed by atoms with Gasteiger partial charge >= 0.3 is 0 Å². The average Bonchev–Trinajstić information content (AvgIpc) is 2.34. The first-order valence-electron chi connectivity index (χ1n) is 6.87. The minimum atomic E-state index is -0.129. The van der Waals surface area contributed by atoms with Crippen molar-refractivity contribution in [3.63, 3.8) is 0 Å². The first kappa shape index (κ1) is 11.9. The molecule has 4 aliphatic rings. The minimum Gasteiger partial charge on any atom is -0.294 e. The lowest BCUT2D eigenvalue weighted by atomic mass is 9.43. The molecule has 0 amide bonds. The number of allylic oxidation sites excluding steroid dienone is 4. The summed E-state index contributed by atoms with van der Waals surface area (Å²) in [5.74, 6) is 0.448. The third-order valence-corrected chi connectivity index (χ3v) is 5.59. The highest BCUT2D eigenvalue weighted by Crippen LogP contribution is 2.62. The molecule has 4 rings (SSSR count). The molecule has 0 spiro atoms. The Hall–Kier alpha value is -1.18. The summed E-state index contributed by atoms with van der Waals surface area (Å²) in [6.07, 6.45) is 9.51. The van der Waals surface area contributed by atoms with E-state index >= 15 is 0 Å². The Morgan fingerprint density at radius 3 is 2.17 bits per heavy atom. The Kier molecular flexibility index (Phi) is 2.27. The van der Waals surface area contributed by atoms with Crippen molar-refractivity contribution in [3.05, 3.63) is 24.3 Å². The van der Waals surface area contributed by atoms with Crippen molar-refractivity contribution in [3.8, 4) is 0 Å². The molecule has 0 aromatic heterocycles. The van der Waals surface area contributed by atoms with E-state index < -0.39 is 0 Å². The number of carbonyl (C=O) groups is 2. The fourth-order valence-electron chi connectivity index (χ4n) is 4.34. The lowest BCUT2D eigenvalue weighted by molar-refractivity contribution is -0.146. The predicted molar refractivity (Wildman–Crippen MR) is 69.9 cm³/mol. The third kappa shape index (κ3) is 1.24. The van der Waals surface area contributed by atoms with Crippen LogP contribution in [0.4, 0.5) is 0 Å². The summed E-state index contributed by atoms with van der Waals surface area (Å²) < 4.78 is 0. The highest BCUT2D eigenvalue weighted by atomic mass is 16.1. The van der Waals surface area contributed by atoms with Crippen molar-refractivity contribution >= 4 is 11.6 Å². The van der Waals surface area contributed by atoms with Gasteiger partial charge in [-0.25, -0.2) is 0 Å². The van der Waals surface area contributed by atoms with E-state index in [0.29, 0.717) is 5.92 Å². The van der Waals surface area contributed by atoms with E-state index in [0.717, 1.165) is 12.8 Å². The summed E-state index contributed by atoms with van der Waals surface area (Å²) in [5.41, 5.74) is -0.210. The van der Waals surface area contributed by atoms with Gasteiger partial charge in [0.05, 0.1) is 0 Å². The quantitative estimate of drug-likeness (QED) is 0.665. The van der Waals surface area contributed by atoms with Crippen LogP contribution in [0.5, 0.6) is 0 Å². The zero-order valence-electron chi connectivity index (χ0n) is 11.3. The van der Waals surface area contributed by atoms with Gasteiger partial charge < -0.3 is 0 Å². The van der Waals surface area contributed by atoms with E-state index in [4.69, 9.17) is 0 Å². The van der Waals surface area contributed by atoms with Crippen molar-refractivity contribution in [2.24, 2.45) is 28.6 Å². The monoisotopic (exact) mass is 244 g/mol. The van der Waals surface area contributed by atoms with Gasteiger partial charge in [-0.05, 0) is 36.3 Å². The number of fused-ring (bicyclic) bond motifs is 1. The summed E-state index contributed by atoms with van der Waals surface area (Å²) in [6.45, 7) is 6.48. The second-order valence-corrected chi connectivity index (χ2v) is 6.70. The van der Waals surface area contributed by atoms with Crippen LogP contribution in [-0.4, -0.2) is 11.6 Å². The molecule has 4 aliphatic carbocycles. The molecular formula is C16H20O2. The molecule has 18 heavy (non-hydrogen) atoms. The molecule has 4 unspecified atom stereocenters. The van der Waals surface area contributed by atoms with Gasteiger partial charge in [0.2, 0.25) is 0 Å². The van der Waals surface area contributed by atoms with Gasteiger partial charge in [-0.3, -0.25) is 9.59 Å². The fourth-order valence-corrected chi connectivity index (χ4v) is 4.34. The molecular weight excluding hydrogens is 224 g/mol. The van der Waals surface area contributed by atoms with Crippen LogP contribution in [0.2, 0.25) is 0 Å². The summed E-state index contributed by atoms with van der Waals surface area (Å²) in [7, 11) is 0. The molecule has 96 valence electrons. The largest absolute Gasteiger partial charge is 0.294 e. The molecule has 0 saturated heterocycles. The SMILES string of the molecule is CC(C)C12C=CC(C)(CC1)C1C(=O)C=CC(=O)C12. The predicted octanol–water partition coefficient (Wildman–Crippen LogP) is 2.94.